The average Bonchev–Trinajstić information content (AvgIpc) is 2.71. The molecule has 1 amide bonds. The van der Waals surface area contributed by atoms with Gasteiger partial charge in [-0.1, -0.05) is 42.5 Å². The van der Waals surface area contributed by atoms with Crippen molar-refractivity contribution in [2.24, 2.45) is 0 Å². The maximum Gasteiger partial charge on any atom is 0.258 e. The molecule has 7 heteroatoms. The lowest BCUT2D eigenvalue weighted by Gasteiger charge is -2.12. The quantitative estimate of drug-likeness (QED) is 0.594. The Kier molecular flexibility index (Phi) is 6.64. The van der Waals surface area contributed by atoms with Crippen LogP contribution in [0.15, 0.2) is 71.6 Å². The molecule has 0 bridgehead atoms. The third-order valence-corrected chi connectivity index (χ3v) is 6.14. The van der Waals surface area contributed by atoms with Crippen LogP contribution in [0.5, 0.6) is 0 Å². The van der Waals surface area contributed by atoms with Gasteiger partial charge in [0.1, 0.15) is 5.82 Å². The highest BCUT2D eigenvalue weighted by Crippen LogP contribution is 2.20. The van der Waals surface area contributed by atoms with E-state index < -0.39 is 21.7 Å². The van der Waals surface area contributed by atoms with Crippen LogP contribution in [0.3, 0.4) is 0 Å². The molecule has 0 unspecified atom stereocenters. The zero-order valence-corrected chi connectivity index (χ0v) is 17.6. The molecule has 2 N–H and O–H groups in total. The van der Waals surface area contributed by atoms with Crippen molar-refractivity contribution in [2.75, 3.05) is 11.9 Å². The standard InChI is InChI=1S/C23H23FN2O3S/c1-16-8-9-17(2)22(14-16)26-23(27)20-15-19(10-11-21(20)24)30(28,29)25-13-12-18-6-4-3-5-7-18/h3-11,14-15,25H,12-13H2,1-2H3,(H,26,27). The average molecular weight is 427 g/mol. The van der Waals surface area contributed by atoms with Crippen LogP contribution in [0.1, 0.15) is 27.0 Å². The number of amides is 1. The van der Waals surface area contributed by atoms with Crippen molar-refractivity contribution >= 4 is 21.6 Å². The monoisotopic (exact) mass is 426 g/mol. The summed E-state index contributed by atoms with van der Waals surface area (Å²) in [6.45, 7) is 3.89. The van der Waals surface area contributed by atoms with Gasteiger partial charge in [-0.15, -0.1) is 0 Å². The van der Waals surface area contributed by atoms with Gasteiger partial charge in [-0.25, -0.2) is 17.5 Å². The van der Waals surface area contributed by atoms with E-state index in [1.807, 2.05) is 56.3 Å². The Morgan fingerprint density at radius 2 is 1.70 bits per heavy atom. The first-order valence-electron chi connectivity index (χ1n) is 9.48. The van der Waals surface area contributed by atoms with Gasteiger partial charge < -0.3 is 5.32 Å². The fourth-order valence-corrected chi connectivity index (χ4v) is 4.02. The number of halogens is 1. The van der Waals surface area contributed by atoms with Gasteiger partial charge in [-0.2, -0.15) is 0 Å². The molecule has 3 rings (SSSR count). The van der Waals surface area contributed by atoms with E-state index in [4.69, 9.17) is 0 Å². The van der Waals surface area contributed by atoms with E-state index in [0.717, 1.165) is 34.9 Å². The van der Waals surface area contributed by atoms with Crippen LogP contribution in [0.2, 0.25) is 0 Å². The molecule has 0 heterocycles. The second-order valence-corrected chi connectivity index (χ2v) is 8.81. The molecule has 0 aromatic heterocycles. The highest BCUT2D eigenvalue weighted by atomic mass is 32.2. The van der Waals surface area contributed by atoms with E-state index >= 15 is 0 Å². The van der Waals surface area contributed by atoms with Gasteiger partial charge in [0.15, 0.2) is 0 Å². The van der Waals surface area contributed by atoms with E-state index in [1.54, 1.807) is 6.07 Å². The summed E-state index contributed by atoms with van der Waals surface area (Å²) < 4.78 is 42.0. The molecular formula is C23H23FN2O3S. The van der Waals surface area contributed by atoms with Crippen molar-refractivity contribution in [3.05, 3.63) is 94.8 Å². The molecule has 3 aromatic rings. The largest absolute Gasteiger partial charge is 0.322 e. The number of carbonyl (C=O) groups is 1. The van der Waals surface area contributed by atoms with Gasteiger partial charge >= 0.3 is 0 Å². The molecule has 5 nitrogen and oxygen atoms in total. The highest BCUT2D eigenvalue weighted by molar-refractivity contribution is 7.89. The van der Waals surface area contributed by atoms with E-state index in [0.29, 0.717) is 12.1 Å². The predicted octanol–water partition coefficient (Wildman–Crippen LogP) is 4.22. The molecule has 156 valence electrons. The van der Waals surface area contributed by atoms with E-state index in [2.05, 4.69) is 10.0 Å². The van der Waals surface area contributed by atoms with Crippen LogP contribution in [-0.2, 0) is 16.4 Å². The SMILES string of the molecule is Cc1ccc(C)c(NC(=O)c2cc(S(=O)(=O)NCCc3ccccc3)ccc2F)c1. The highest BCUT2D eigenvalue weighted by Gasteiger charge is 2.20. The summed E-state index contributed by atoms with van der Waals surface area (Å²) in [4.78, 5) is 12.4. The lowest BCUT2D eigenvalue weighted by atomic mass is 10.1. The first kappa shape index (κ1) is 21.7. The van der Waals surface area contributed by atoms with Crippen molar-refractivity contribution in [3.8, 4) is 0 Å². The first-order valence-corrected chi connectivity index (χ1v) is 11.0. The smallest absolute Gasteiger partial charge is 0.258 e. The third kappa shape index (κ3) is 5.31. The van der Waals surface area contributed by atoms with Gasteiger partial charge in [0.05, 0.1) is 10.5 Å². The normalized spacial score (nSPS) is 11.3. The van der Waals surface area contributed by atoms with Crippen LogP contribution in [-0.4, -0.2) is 20.9 Å². The summed E-state index contributed by atoms with van der Waals surface area (Å²) in [5, 5.41) is 2.66. The molecule has 0 saturated carbocycles. The minimum absolute atomic E-state index is 0.164. The fourth-order valence-electron chi connectivity index (χ4n) is 2.96. The summed E-state index contributed by atoms with van der Waals surface area (Å²) in [7, 11) is -3.89. The Balaban J connectivity index is 1.76. The summed E-state index contributed by atoms with van der Waals surface area (Å²) in [6.07, 6.45) is 0.515. The lowest BCUT2D eigenvalue weighted by molar-refractivity contribution is 0.102. The molecule has 30 heavy (non-hydrogen) atoms. The molecule has 0 atom stereocenters. The minimum Gasteiger partial charge on any atom is -0.322 e. The van der Waals surface area contributed by atoms with E-state index in [1.165, 1.54) is 0 Å². The number of sulfonamides is 1. The molecule has 3 aromatic carbocycles. The summed E-state index contributed by atoms with van der Waals surface area (Å²) in [5.41, 5.74) is 2.97. The van der Waals surface area contributed by atoms with Crippen molar-refractivity contribution in [1.82, 2.24) is 4.72 Å². The predicted molar refractivity (Wildman–Crippen MR) is 116 cm³/mol. The molecule has 0 aliphatic rings. The van der Waals surface area contributed by atoms with Crippen molar-refractivity contribution in [3.63, 3.8) is 0 Å². The molecule has 0 saturated heterocycles. The Labute approximate surface area is 176 Å². The zero-order chi connectivity index (χ0) is 21.7. The van der Waals surface area contributed by atoms with Crippen molar-refractivity contribution in [1.29, 1.82) is 0 Å². The number of anilines is 1. The Morgan fingerprint density at radius 1 is 0.967 bits per heavy atom. The van der Waals surface area contributed by atoms with Crippen LogP contribution < -0.4 is 10.0 Å². The topological polar surface area (TPSA) is 75.3 Å². The number of nitrogens with one attached hydrogen (secondary N) is 2. The zero-order valence-electron chi connectivity index (χ0n) is 16.8. The van der Waals surface area contributed by atoms with Gasteiger partial charge in [0.2, 0.25) is 10.0 Å². The fraction of sp³-hybridized carbons (Fsp3) is 0.174. The van der Waals surface area contributed by atoms with Crippen LogP contribution in [0, 0.1) is 19.7 Å². The molecule has 0 aliphatic heterocycles. The minimum atomic E-state index is -3.89. The van der Waals surface area contributed by atoms with Crippen molar-refractivity contribution < 1.29 is 17.6 Å². The van der Waals surface area contributed by atoms with Gasteiger partial charge in [0, 0.05) is 12.2 Å². The maximum atomic E-state index is 14.3. The van der Waals surface area contributed by atoms with Gasteiger partial charge in [0.25, 0.3) is 5.91 Å². The molecule has 0 fully saturated rings. The van der Waals surface area contributed by atoms with Crippen LogP contribution in [0.25, 0.3) is 0 Å². The van der Waals surface area contributed by atoms with E-state index in [-0.39, 0.29) is 17.0 Å². The third-order valence-electron chi connectivity index (χ3n) is 4.68. The van der Waals surface area contributed by atoms with Crippen LogP contribution in [0.4, 0.5) is 10.1 Å². The van der Waals surface area contributed by atoms with E-state index in [9.17, 15) is 17.6 Å². The number of benzene rings is 3. The molecular weight excluding hydrogens is 403 g/mol. The second-order valence-electron chi connectivity index (χ2n) is 7.05. The Bertz CT molecular complexity index is 1160. The van der Waals surface area contributed by atoms with Gasteiger partial charge in [-0.3, -0.25) is 4.79 Å². The number of aryl methyl sites for hydroxylation is 2. The second kappa shape index (κ2) is 9.19. The van der Waals surface area contributed by atoms with Gasteiger partial charge in [-0.05, 0) is 61.2 Å². The van der Waals surface area contributed by atoms with Crippen LogP contribution >= 0.6 is 0 Å². The lowest BCUT2D eigenvalue weighted by Crippen LogP contribution is -2.26. The molecule has 0 spiro atoms. The number of rotatable bonds is 7. The number of hydrogen-bond acceptors (Lipinski definition) is 3. The molecule has 0 radical (unpaired) electrons. The number of carbonyl (C=O) groups excluding carboxylic acids is 1. The summed E-state index contributed by atoms with van der Waals surface area (Å²) in [5.74, 6) is -1.50. The summed E-state index contributed by atoms with van der Waals surface area (Å²) >= 11 is 0. The molecule has 0 aliphatic carbocycles. The Hall–Kier alpha value is -3.03. The first-order chi connectivity index (χ1) is 14.3. The maximum absolute atomic E-state index is 14.3. The summed E-state index contributed by atoms with van der Waals surface area (Å²) in [6, 6.07) is 18.2. The van der Waals surface area contributed by atoms with Crippen molar-refractivity contribution in [2.45, 2.75) is 25.2 Å². The Morgan fingerprint density at radius 3 is 2.43 bits per heavy atom. The number of hydrogen-bond donors (Lipinski definition) is 2.